The lowest BCUT2D eigenvalue weighted by atomic mass is 9.49. The first-order valence-corrected chi connectivity index (χ1v) is 9.99. The van der Waals surface area contributed by atoms with E-state index in [0.29, 0.717) is 18.8 Å². The Morgan fingerprint density at radius 3 is 2.40 bits per heavy atom. The highest BCUT2D eigenvalue weighted by molar-refractivity contribution is 7.80. The van der Waals surface area contributed by atoms with Crippen LogP contribution in [0, 0.1) is 23.2 Å². The molecule has 4 fully saturated rings. The molecule has 4 bridgehead atoms. The van der Waals surface area contributed by atoms with Gasteiger partial charge in [0.15, 0.2) is 16.6 Å². The standard InChI is InChI=1S/C20H26N2O2S/c25-19(21-10-13-1-2-17-18(6-13)24-12-23-17)22-11-20-7-14-3-15(8-20)5-16(4-14)9-20/h1-2,6,14-16H,3-5,7-12H2,(H2,21,22,25). The molecule has 1 heterocycles. The zero-order valence-corrected chi connectivity index (χ0v) is 15.4. The van der Waals surface area contributed by atoms with Gasteiger partial charge in [0.2, 0.25) is 6.79 Å². The fourth-order valence-corrected chi connectivity index (χ4v) is 6.21. The quantitative estimate of drug-likeness (QED) is 0.805. The Hall–Kier alpha value is -1.49. The van der Waals surface area contributed by atoms with Gasteiger partial charge >= 0.3 is 0 Å². The Labute approximate surface area is 154 Å². The summed E-state index contributed by atoms with van der Waals surface area (Å²) >= 11 is 5.53. The SMILES string of the molecule is S=C(NCc1ccc2c(c1)OCO2)NCC12CC3CC(CC(C3)C1)C2. The average Bonchev–Trinajstić information content (AvgIpc) is 3.05. The summed E-state index contributed by atoms with van der Waals surface area (Å²) in [7, 11) is 0. The van der Waals surface area contributed by atoms with Crippen molar-refractivity contribution in [2.24, 2.45) is 23.2 Å². The predicted molar refractivity (Wildman–Crippen MR) is 101 cm³/mol. The average molecular weight is 359 g/mol. The number of thiocarbonyl (C=S) groups is 1. The Kier molecular flexibility index (Phi) is 3.81. The lowest BCUT2D eigenvalue weighted by Gasteiger charge is -2.57. The molecule has 6 rings (SSSR count). The molecule has 5 aliphatic rings. The normalized spacial score (nSPS) is 34.2. The monoisotopic (exact) mass is 358 g/mol. The summed E-state index contributed by atoms with van der Waals surface area (Å²) < 4.78 is 10.8. The van der Waals surface area contributed by atoms with Gasteiger partial charge in [-0.3, -0.25) is 0 Å². The second kappa shape index (κ2) is 6.04. The van der Waals surface area contributed by atoms with E-state index in [9.17, 15) is 0 Å². The van der Waals surface area contributed by atoms with Crippen molar-refractivity contribution in [3.05, 3.63) is 23.8 Å². The number of hydrogen-bond donors (Lipinski definition) is 2. The van der Waals surface area contributed by atoms with Crippen molar-refractivity contribution in [3.63, 3.8) is 0 Å². The van der Waals surface area contributed by atoms with Gasteiger partial charge in [0.25, 0.3) is 0 Å². The molecule has 2 N–H and O–H groups in total. The molecule has 1 aromatic carbocycles. The van der Waals surface area contributed by atoms with Crippen LogP contribution in [-0.2, 0) is 6.54 Å². The van der Waals surface area contributed by atoms with Gasteiger partial charge in [0.1, 0.15) is 0 Å². The van der Waals surface area contributed by atoms with E-state index < -0.39 is 0 Å². The third-order valence-corrected chi connectivity index (χ3v) is 6.97. The number of nitrogens with one attached hydrogen (secondary N) is 2. The summed E-state index contributed by atoms with van der Waals surface area (Å²) in [6.45, 7) is 2.07. The third kappa shape index (κ3) is 3.07. The summed E-state index contributed by atoms with van der Waals surface area (Å²) in [5.41, 5.74) is 1.67. The maximum Gasteiger partial charge on any atom is 0.231 e. The number of fused-ring (bicyclic) bond motifs is 1. The van der Waals surface area contributed by atoms with Crippen molar-refractivity contribution >= 4 is 17.3 Å². The van der Waals surface area contributed by atoms with Gasteiger partial charge in [-0.05, 0) is 91.6 Å². The summed E-state index contributed by atoms with van der Waals surface area (Å²) in [6.07, 6.45) is 8.72. The Bertz CT molecular complexity index is 655. The summed E-state index contributed by atoms with van der Waals surface area (Å²) in [5.74, 6) is 4.62. The highest BCUT2D eigenvalue weighted by Crippen LogP contribution is 2.59. The van der Waals surface area contributed by atoms with Gasteiger partial charge in [-0.15, -0.1) is 0 Å². The lowest BCUT2D eigenvalue weighted by molar-refractivity contribution is -0.0491. The second-order valence-corrected chi connectivity index (χ2v) is 9.05. The first-order valence-electron chi connectivity index (χ1n) is 9.58. The Morgan fingerprint density at radius 1 is 1.00 bits per heavy atom. The third-order valence-electron chi connectivity index (χ3n) is 6.68. The van der Waals surface area contributed by atoms with Crippen molar-refractivity contribution in [2.45, 2.75) is 45.1 Å². The van der Waals surface area contributed by atoms with Crippen LogP contribution in [0.2, 0.25) is 0 Å². The molecule has 0 spiro atoms. The smallest absolute Gasteiger partial charge is 0.231 e. The van der Waals surface area contributed by atoms with Crippen LogP contribution in [0.15, 0.2) is 18.2 Å². The van der Waals surface area contributed by atoms with Gasteiger partial charge in [-0.2, -0.15) is 0 Å². The molecule has 0 amide bonds. The van der Waals surface area contributed by atoms with Crippen LogP contribution < -0.4 is 20.1 Å². The minimum Gasteiger partial charge on any atom is -0.454 e. The van der Waals surface area contributed by atoms with Crippen LogP contribution in [0.4, 0.5) is 0 Å². The Balaban J connectivity index is 1.14. The second-order valence-electron chi connectivity index (χ2n) is 8.64. The van der Waals surface area contributed by atoms with Crippen LogP contribution in [0.1, 0.15) is 44.1 Å². The molecule has 25 heavy (non-hydrogen) atoms. The maximum atomic E-state index is 5.53. The molecular formula is C20H26N2O2S. The molecule has 4 nitrogen and oxygen atoms in total. The van der Waals surface area contributed by atoms with E-state index in [1.807, 2.05) is 12.1 Å². The number of hydrogen-bond acceptors (Lipinski definition) is 3. The topological polar surface area (TPSA) is 42.5 Å². The molecule has 134 valence electrons. The van der Waals surface area contributed by atoms with E-state index in [2.05, 4.69) is 16.7 Å². The molecule has 0 unspecified atom stereocenters. The van der Waals surface area contributed by atoms with Gasteiger partial charge in [0, 0.05) is 13.1 Å². The van der Waals surface area contributed by atoms with Crippen LogP contribution in [0.5, 0.6) is 11.5 Å². The van der Waals surface area contributed by atoms with Crippen LogP contribution >= 0.6 is 12.2 Å². The zero-order chi connectivity index (χ0) is 16.9. The maximum absolute atomic E-state index is 5.53. The number of benzene rings is 1. The lowest BCUT2D eigenvalue weighted by Crippen LogP contribution is -2.52. The van der Waals surface area contributed by atoms with Crippen molar-refractivity contribution in [3.8, 4) is 11.5 Å². The molecule has 0 radical (unpaired) electrons. The molecule has 0 saturated heterocycles. The highest BCUT2D eigenvalue weighted by Gasteiger charge is 2.50. The first-order chi connectivity index (χ1) is 12.2. The van der Waals surface area contributed by atoms with Crippen molar-refractivity contribution < 1.29 is 9.47 Å². The number of rotatable bonds is 4. The van der Waals surface area contributed by atoms with Crippen molar-refractivity contribution in [1.29, 1.82) is 0 Å². The van der Waals surface area contributed by atoms with E-state index in [4.69, 9.17) is 21.7 Å². The molecule has 1 aliphatic heterocycles. The minimum atomic E-state index is 0.317. The van der Waals surface area contributed by atoms with Gasteiger partial charge < -0.3 is 20.1 Å². The van der Waals surface area contributed by atoms with E-state index in [-0.39, 0.29) is 0 Å². The van der Waals surface area contributed by atoms with Crippen LogP contribution in [0.25, 0.3) is 0 Å². The molecule has 1 aromatic rings. The van der Waals surface area contributed by atoms with Crippen LogP contribution in [0.3, 0.4) is 0 Å². The first kappa shape index (κ1) is 15.7. The summed E-state index contributed by atoms with van der Waals surface area (Å²) in [4.78, 5) is 0. The molecule has 4 saturated carbocycles. The zero-order valence-electron chi connectivity index (χ0n) is 14.6. The van der Waals surface area contributed by atoms with Crippen LogP contribution in [-0.4, -0.2) is 18.5 Å². The molecular weight excluding hydrogens is 332 g/mol. The van der Waals surface area contributed by atoms with E-state index >= 15 is 0 Å². The molecule has 0 atom stereocenters. The van der Waals surface area contributed by atoms with E-state index in [1.165, 1.54) is 38.5 Å². The Morgan fingerprint density at radius 2 is 1.68 bits per heavy atom. The summed E-state index contributed by atoms with van der Waals surface area (Å²) in [5, 5.41) is 7.64. The fraction of sp³-hybridized carbons (Fsp3) is 0.650. The van der Waals surface area contributed by atoms with Gasteiger partial charge in [-0.1, -0.05) is 6.07 Å². The largest absolute Gasteiger partial charge is 0.454 e. The molecule has 4 aliphatic carbocycles. The van der Waals surface area contributed by atoms with E-state index in [0.717, 1.165) is 46.5 Å². The van der Waals surface area contributed by atoms with Crippen molar-refractivity contribution in [1.82, 2.24) is 10.6 Å². The minimum absolute atomic E-state index is 0.317. The molecule has 0 aromatic heterocycles. The highest BCUT2D eigenvalue weighted by atomic mass is 32.1. The van der Waals surface area contributed by atoms with Gasteiger partial charge in [-0.25, -0.2) is 0 Å². The fourth-order valence-electron chi connectivity index (χ4n) is 6.07. The number of ether oxygens (including phenoxy) is 2. The van der Waals surface area contributed by atoms with E-state index in [1.54, 1.807) is 0 Å². The summed E-state index contributed by atoms with van der Waals surface area (Å²) in [6, 6.07) is 6.05. The molecule has 5 heteroatoms. The van der Waals surface area contributed by atoms with Crippen molar-refractivity contribution in [2.75, 3.05) is 13.3 Å². The van der Waals surface area contributed by atoms with Gasteiger partial charge in [0.05, 0.1) is 0 Å². The predicted octanol–water partition coefficient (Wildman–Crippen LogP) is 3.60.